The standard InChI is InChI=1S/C13H13Cl2NO/c1-2-3-4-5-6-13(17)16-10-7-8-11(14)12(15)9-10/h7-9H,4-6H2,1H3,(H,16,17). The van der Waals surface area contributed by atoms with E-state index in [-0.39, 0.29) is 5.91 Å². The highest BCUT2D eigenvalue weighted by Gasteiger charge is 2.03. The van der Waals surface area contributed by atoms with Gasteiger partial charge in [0.1, 0.15) is 0 Å². The Morgan fingerprint density at radius 3 is 2.76 bits per heavy atom. The van der Waals surface area contributed by atoms with Crippen LogP contribution >= 0.6 is 23.2 Å². The largest absolute Gasteiger partial charge is 0.326 e. The number of rotatable bonds is 4. The van der Waals surface area contributed by atoms with Crippen molar-refractivity contribution in [2.75, 3.05) is 5.32 Å². The van der Waals surface area contributed by atoms with Crippen LogP contribution in [0.15, 0.2) is 18.2 Å². The van der Waals surface area contributed by atoms with Gasteiger partial charge in [0, 0.05) is 18.5 Å². The zero-order chi connectivity index (χ0) is 12.7. The monoisotopic (exact) mass is 269 g/mol. The van der Waals surface area contributed by atoms with E-state index in [0.29, 0.717) is 22.2 Å². The predicted molar refractivity (Wildman–Crippen MR) is 72.4 cm³/mol. The molecule has 1 rings (SSSR count). The Balaban J connectivity index is 2.44. The van der Waals surface area contributed by atoms with Crippen molar-refractivity contribution >= 4 is 34.8 Å². The quantitative estimate of drug-likeness (QED) is 0.647. The molecular weight excluding hydrogens is 257 g/mol. The van der Waals surface area contributed by atoms with Gasteiger partial charge in [-0.15, -0.1) is 11.8 Å². The minimum Gasteiger partial charge on any atom is -0.326 e. The number of hydrogen-bond acceptors (Lipinski definition) is 1. The Morgan fingerprint density at radius 1 is 1.35 bits per heavy atom. The first-order valence-corrected chi connectivity index (χ1v) is 6.03. The molecule has 1 amide bonds. The van der Waals surface area contributed by atoms with Gasteiger partial charge in [0.25, 0.3) is 0 Å². The van der Waals surface area contributed by atoms with Gasteiger partial charge in [-0.3, -0.25) is 4.79 Å². The second kappa shape index (κ2) is 7.21. The van der Waals surface area contributed by atoms with Gasteiger partial charge in [0.2, 0.25) is 5.91 Å². The summed E-state index contributed by atoms with van der Waals surface area (Å²) in [6, 6.07) is 5.01. The number of hydrogen-bond donors (Lipinski definition) is 1. The smallest absolute Gasteiger partial charge is 0.224 e. The molecule has 0 spiro atoms. The molecule has 0 aliphatic carbocycles. The molecule has 0 unspecified atom stereocenters. The average molecular weight is 270 g/mol. The number of nitrogens with one attached hydrogen (secondary N) is 1. The second-order valence-electron chi connectivity index (χ2n) is 3.46. The summed E-state index contributed by atoms with van der Waals surface area (Å²) in [6.07, 6.45) is 1.95. The molecule has 0 atom stereocenters. The van der Waals surface area contributed by atoms with Crippen LogP contribution in [0.2, 0.25) is 10.0 Å². The number of amides is 1. The lowest BCUT2D eigenvalue weighted by Crippen LogP contribution is -2.10. The Bertz CT molecular complexity index is 460. The Kier molecular flexibility index (Phi) is 5.90. The topological polar surface area (TPSA) is 29.1 Å². The summed E-state index contributed by atoms with van der Waals surface area (Å²) in [5.74, 6) is 5.67. The van der Waals surface area contributed by atoms with E-state index in [2.05, 4.69) is 17.2 Å². The zero-order valence-electron chi connectivity index (χ0n) is 9.52. The minimum atomic E-state index is -0.0405. The lowest BCUT2D eigenvalue weighted by atomic mass is 10.2. The fourth-order valence-corrected chi connectivity index (χ4v) is 1.56. The molecule has 17 heavy (non-hydrogen) atoms. The van der Waals surface area contributed by atoms with Crippen molar-refractivity contribution < 1.29 is 4.79 Å². The molecule has 1 aromatic rings. The first kappa shape index (κ1) is 13.9. The SMILES string of the molecule is CC#CCCCC(=O)Nc1ccc(Cl)c(Cl)c1. The summed E-state index contributed by atoms with van der Waals surface area (Å²) in [4.78, 5) is 11.5. The number of unbranched alkanes of at least 4 members (excludes halogenated alkanes) is 1. The van der Waals surface area contributed by atoms with Crippen LogP contribution in [0.3, 0.4) is 0 Å². The summed E-state index contributed by atoms with van der Waals surface area (Å²) in [6.45, 7) is 1.79. The van der Waals surface area contributed by atoms with Gasteiger partial charge in [0.05, 0.1) is 10.0 Å². The molecule has 0 bridgehead atoms. The maximum atomic E-state index is 11.5. The van der Waals surface area contributed by atoms with E-state index in [1.54, 1.807) is 25.1 Å². The molecule has 0 saturated carbocycles. The molecule has 0 heterocycles. The molecule has 0 saturated heterocycles. The minimum absolute atomic E-state index is 0.0405. The Labute approximate surface area is 111 Å². The van der Waals surface area contributed by atoms with Gasteiger partial charge in [-0.2, -0.15) is 0 Å². The van der Waals surface area contributed by atoms with Crippen molar-refractivity contribution in [2.24, 2.45) is 0 Å². The molecule has 0 aliphatic rings. The first-order chi connectivity index (χ1) is 8.13. The number of benzene rings is 1. The Hall–Kier alpha value is -1.17. The van der Waals surface area contributed by atoms with E-state index in [9.17, 15) is 4.79 Å². The van der Waals surface area contributed by atoms with Crippen molar-refractivity contribution in [2.45, 2.75) is 26.2 Å². The van der Waals surface area contributed by atoms with Crippen LogP contribution in [0.1, 0.15) is 26.2 Å². The molecule has 0 fully saturated rings. The van der Waals surface area contributed by atoms with Crippen molar-refractivity contribution in [3.8, 4) is 11.8 Å². The predicted octanol–water partition coefficient (Wildman–Crippen LogP) is 4.13. The van der Waals surface area contributed by atoms with Crippen LogP contribution in [0.4, 0.5) is 5.69 Å². The molecule has 1 aromatic carbocycles. The fraction of sp³-hybridized carbons (Fsp3) is 0.308. The molecule has 0 radical (unpaired) electrons. The van der Waals surface area contributed by atoms with E-state index in [1.165, 1.54) is 0 Å². The van der Waals surface area contributed by atoms with Gasteiger partial charge >= 0.3 is 0 Å². The molecule has 0 aromatic heterocycles. The maximum absolute atomic E-state index is 11.5. The lowest BCUT2D eigenvalue weighted by Gasteiger charge is -2.05. The first-order valence-electron chi connectivity index (χ1n) is 5.28. The molecule has 4 heteroatoms. The van der Waals surface area contributed by atoms with Gasteiger partial charge in [-0.05, 0) is 31.5 Å². The van der Waals surface area contributed by atoms with Crippen molar-refractivity contribution in [3.63, 3.8) is 0 Å². The molecule has 90 valence electrons. The molecule has 1 N–H and O–H groups in total. The summed E-state index contributed by atoms with van der Waals surface area (Å²) >= 11 is 11.6. The third-order valence-electron chi connectivity index (χ3n) is 2.09. The molecule has 0 aliphatic heterocycles. The van der Waals surface area contributed by atoms with E-state index in [0.717, 1.165) is 12.8 Å². The van der Waals surface area contributed by atoms with Crippen LogP contribution < -0.4 is 5.32 Å². The van der Waals surface area contributed by atoms with Crippen LogP contribution in [0.25, 0.3) is 0 Å². The van der Waals surface area contributed by atoms with E-state index in [1.807, 2.05) is 0 Å². The Morgan fingerprint density at radius 2 is 2.12 bits per heavy atom. The summed E-state index contributed by atoms with van der Waals surface area (Å²) in [7, 11) is 0. The van der Waals surface area contributed by atoms with Crippen LogP contribution in [-0.2, 0) is 4.79 Å². The highest BCUT2D eigenvalue weighted by molar-refractivity contribution is 6.42. The zero-order valence-corrected chi connectivity index (χ0v) is 11.0. The van der Waals surface area contributed by atoms with Gasteiger partial charge in [-0.1, -0.05) is 23.2 Å². The number of anilines is 1. The normalized spacial score (nSPS) is 9.35. The number of halogens is 2. The van der Waals surface area contributed by atoms with Gasteiger partial charge in [0.15, 0.2) is 0 Å². The van der Waals surface area contributed by atoms with Gasteiger partial charge in [-0.25, -0.2) is 0 Å². The maximum Gasteiger partial charge on any atom is 0.224 e. The van der Waals surface area contributed by atoms with Crippen molar-refractivity contribution in [1.82, 2.24) is 0 Å². The third kappa shape index (κ3) is 5.12. The van der Waals surface area contributed by atoms with E-state index < -0.39 is 0 Å². The van der Waals surface area contributed by atoms with Crippen LogP contribution in [0.5, 0.6) is 0 Å². The van der Waals surface area contributed by atoms with Crippen molar-refractivity contribution in [1.29, 1.82) is 0 Å². The molecule has 2 nitrogen and oxygen atoms in total. The highest BCUT2D eigenvalue weighted by Crippen LogP contribution is 2.25. The second-order valence-corrected chi connectivity index (χ2v) is 4.27. The van der Waals surface area contributed by atoms with E-state index in [4.69, 9.17) is 23.2 Å². The van der Waals surface area contributed by atoms with Gasteiger partial charge < -0.3 is 5.32 Å². The highest BCUT2D eigenvalue weighted by atomic mass is 35.5. The number of carbonyl (C=O) groups is 1. The number of carbonyl (C=O) groups excluding carboxylic acids is 1. The summed E-state index contributed by atoms with van der Waals surface area (Å²) in [5.41, 5.74) is 0.658. The summed E-state index contributed by atoms with van der Waals surface area (Å²) < 4.78 is 0. The van der Waals surface area contributed by atoms with Crippen LogP contribution in [0, 0.1) is 11.8 Å². The molecular formula is C13H13Cl2NO. The van der Waals surface area contributed by atoms with Crippen molar-refractivity contribution in [3.05, 3.63) is 28.2 Å². The third-order valence-corrected chi connectivity index (χ3v) is 2.82. The average Bonchev–Trinajstić information content (AvgIpc) is 2.30. The van der Waals surface area contributed by atoms with Crippen LogP contribution in [-0.4, -0.2) is 5.91 Å². The fourth-order valence-electron chi connectivity index (χ4n) is 1.26. The lowest BCUT2D eigenvalue weighted by molar-refractivity contribution is -0.116. The van der Waals surface area contributed by atoms with E-state index >= 15 is 0 Å². The summed E-state index contributed by atoms with van der Waals surface area (Å²) in [5, 5.41) is 3.66.